The van der Waals surface area contributed by atoms with Crippen molar-refractivity contribution in [3.8, 4) is 11.9 Å². The van der Waals surface area contributed by atoms with E-state index in [-0.39, 0.29) is 35.0 Å². The molecule has 0 radical (unpaired) electrons. The Morgan fingerprint density at radius 3 is 2.77 bits per heavy atom. The number of aliphatic hydroxyl groups is 1. The van der Waals surface area contributed by atoms with Gasteiger partial charge in [0.2, 0.25) is 5.88 Å². The number of aliphatic hydroxyl groups excluding tert-OH is 1. The number of hydrogen-bond donors (Lipinski definition) is 4. The molecule has 2 aromatic rings. The van der Waals surface area contributed by atoms with Crippen LogP contribution in [0.3, 0.4) is 0 Å². The van der Waals surface area contributed by atoms with Crippen LogP contribution >= 0.6 is 11.3 Å². The average molecular weight is 621 g/mol. The molecule has 5 N–H and O–H groups in total. The first-order valence-corrected chi connectivity index (χ1v) is 16.7. The van der Waals surface area contributed by atoms with Crippen LogP contribution in [0, 0.1) is 16.7 Å². The highest BCUT2D eigenvalue weighted by atomic mass is 32.1. The minimum absolute atomic E-state index is 0.0767. The van der Waals surface area contributed by atoms with E-state index in [4.69, 9.17) is 20.4 Å². The molecule has 10 nitrogen and oxygen atoms in total. The number of nitrogens with zero attached hydrogens (tertiary/aromatic N) is 5. The first-order valence-electron chi connectivity index (χ1n) is 15.9. The van der Waals surface area contributed by atoms with E-state index in [1.165, 1.54) is 11.3 Å². The highest BCUT2D eigenvalue weighted by Crippen LogP contribution is 2.54. The van der Waals surface area contributed by atoms with E-state index in [2.05, 4.69) is 16.3 Å². The molecule has 5 aliphatic rings. The number of nitrogen functional groups attached to an aromatic ring is 1. The Hall–Kier alpha value is -3.27. The number of alkyl halides is 1. The number of thiophene rings is 1. The van der Waals surface area contributed by atoms with Gasteiger partial charge in [-0.3, -0.25) is 10.3 Å². The lowest BCUT2D eigenvalue weighted by Crippen LogP contribution is -2.52. The van der Waals surface area contributed by atoms with Crippen molar-refractivity contribution in [3.63, 3.8) is 0 Å². The molecule has 2 aromatic heterocycles. The number of nitrogens with two attached hydrogens (primary N) is 1. The number of hydrogen-bond acceptors (Lipinski definition) is 11. The standard InChI is InChI=1S/C32H41FN8O2S/c1-18(22-13-19(33)16-40(22)2)43-25-14-24(41-12-11-37-31(17-41)9-10-31)38-30(39-25)27(35)20-5-3-7-32(28(20)42)8-4-6-23-26(32)21(15-34)29(36)44-23/h14,18-19,22,35,37,42H,3-13,16-17,36H2,1-2H3/t18-,19+,22-,32-/m0/s1. The summed E-state index contributed by atoms with van der Waals surface area (Å²) in [5, 5.41) is 35.5. The lowest BCUT2D eigenvalue weighted by Gasteiger charge is -2.41. The van der Waals surface area contributed by atoms with Gasteiger partial charge in [0.1, 0.15) is 40.6 Å². The molecule has 4 atom stereocenters. The van der Waals surface area contributed by atoms with Gasteiger partial charge >= 0.3 is 0 Å². The van der Waals surface area contributed by atoms with Gasteiger partial charge in [0.15, 0.2) is 5.82 Å². The molecule has 2 aliphatic heterocycles. The minimum atomic E-state index is -0.884. The highest BCUT2D eigenvalue weighted by Gasteiger charge is 2.48. The molecular weight excluding hydrogens is 579 g/mol. The largest absolute Gasteiger partial charge is 0.511 e. The van der Waals surface area contributed by atoms with Crippen molar-refractivity contribution in [2.75, 3.05) is 43.9 Å². The van der Waals surface area contributed by atoms with Gasteiger partial charge in [-0.15, -0.1) is 11.3 Å². The van der Waals surface area contributed by atoms with Crippen molar-refractivity contribution in [1.29, 1.82) is 10.7 Å². The van der Waals surface area contributed by atoms with Gasteiger partial charge in [-0.1, -0.05) is 0 Å². The molecule has 234 valence electrons. The number of nitriles is 1. The zero-order valence-electron chi connectivity index (χ0n) is 25.5. The van der Waals surface area contributed by atoms with Gasteiger partial charge in [-0.25, -0.2) is 9.37 Å². The van der Waals surface area contributed by atoms with Crippen LogP contribution in [0.5, 0.6) is 5.88 Å². The third kappa shape index (κ3) is 4.93. The predicted octanol–water partition coefficient (Wildman–Crippen LogP) is 4.38. The number of piperazine rings is 1. The molecule has 2 spiro atoms. The quantitative estimate of drug-likeness (QED) is 0.346. The fourth-order valence-electron chi connectivity index (χ4n) is 8.09. The second-order valence-corrected chi connectivity index (χ2v) is 14.6. The molecule has 2 saturated heterocycles. The van der Waals surface area contributed by atoms with Gasteiger partial charge in [0.25, 0.3) is 0 Å². The maximum atomic E-state index is 14.2. The summed E-state index contributed by atoms with van der Waals surface area (Å²) in [5.41, 5.74) is 7.57. The normalized spacial score (nSPS) is 28.6. The van der Waals surface area contributed by atoms with Gasteiger partial charge in [-0.05, 0) is 77.3 Å². The number of likely N-dealkylation sites (tertiary alicyclic amines) is 1. The van der Waals surface area contributed by atoms with Crippen molar-refractivity contribution in [3.05, 3.63) is 39.2 Å². The Kier molecular flexibility index (Phi) is 7.34. The maximum Gasteiger partial charge on any atom is 0.219 e. The number of nitrogens with one attached hydrogen (secondary N) is 2. The second kappa shape index (κ2) is 11.0. The van der Waals surface area contributed by atoms with E-state index in [9.17, 15) is 20.2 Å². The lowest BCUT2D eigenvalue weighted by atomic mass is 9.63. The third-order valence-corrected chi connectivity index (χ3v) is 11.6. The molecule has 0 bridgehead atoms. The fourth-order valence-corrected chi connectivity index (χ4v) is 9.25. The number of allylic oxidation sites excluding steroid dienone is 2. The molecule has 1 saturated carbocycles. The van der Waals surface area contributed by atoms with Gasteiger partial charge in [-0.2, -0.15) is 10.2 Å². The van der Waals surface area contributed by atoms with E-state index in [0.717, 1.165) is 62.2 Å². The van der Waals surface area contributed by atoms with Crippen LogP contribution in [0.25, 0.3) is 0 Å². The molecule has 12 heteroatoms. The van der Waals surface area contributed by atoms with Crippen molar-refractivity contribution in [2.45, 2.75) is 94.0 Å². The Balaban J connectivity index is 1.26. The summed E-state index contributed by atoms with van der Waals surface area (Å²) in [7, 11) is 1.91. The minimum Gasteiger partial charge on any atom is -0.511 e. The zero-order valence-corrected chi connectivity index (χ0v) is 26.3. The van der Waals surface area contributed by atoms with Crippen LogP contribution in [-0.4, -0.2) is 82.8 Å². The van der Waals surface area contributed by atoms with Crippen molar-refractivity contribution < 1.29 is 14.2 Å². The summed E-state index contributed by atoms with van der Waals surface area (Å²) in [6, 6.07) is 4.06. The molecular formula is C32H41FN8O2S. The smallest absolute Gasteiger partial charge is 0.219 e. The molecule has 7 rings (SSSR count). The Morgan fingerprint density at radius 1 is 1.30 bits per heavy atom. The molecule has 0 aromatic carbocycles. The number of ether oxygens (including phenoxy) is 1. The molecule has 4 heterocycles. The van der Waals surface area contributed by atoms with E-state index < -0.39 is 11.6 Å². The summed E-state index contributed by atoms with van der Waals surface area (Å²) in [6.07, 6.45) is 5.85. The Labute approximate surface area is 261 Å². The molecule has 0 unspecified atom stereocenters. The third-order valence-electron chi connectivity index (χ3n) is 10.5. The summed E-state index contributed by atoms with van der Waals surface area (Å²) in [5.74, 6) is 1.40. The van der Waals surface area contributed by atoms with E-state index in [1.54, 1.807) is 0 Å². The van der Waals surface area contributed by atoms with Crippen LogP contribution in [0.1, 0.15) is 80.1 Å². The second-order valence-electron chi connectivity index (χ2n) is 13.4. The monoisotopic (exact) mass is 620 g/mol. The van der Waals surface area contributed by atoms with Crippen molar-refractivity contribution in [1.82, 2.24) is 20.2 Å². The number of likely N-dealkylation sites (N-methyl/N-ethyl adjacent to an activating group) is 1. The van der Waals surface area contributed by atoms with Gasteiger partial charge in [0.05, 0.1) is 11.0 Å². The number of anilines is 2. The first-order chi connectivity index (χ1) is 21.1. The average Bonchev–Trinajstić information content (AvgIpc) is 3.51. The Bertz CT molecular complexity index is 1560. The lowest BCUT2D eigenvalue weighted by molar-refractivity contribution is 0.116. The van der Waals surface area contributed by atoms with E-state index in [1.807, 2.05) is 24.9 Å². The Morgan fingerprint density at radius 2 is 2.07 bits per heavy atom. The number of fused-ring (bicyclic) bond motifs is 2. The van der Waals surface area contributed by atoms with E-state index >= 15 is 0 Å². The summed E-state index contributed by atoms with van der Waals surface area (Å²) in [4.78, 5) is 14.9. The van der Waals surface area contributed by atoms with Gasteiger partial charge in [0, 0.05) is 54.3 Å². The van der Waals surface area contributed by atoms with Crippen LogP contribution < -0.4 is 20.7 Å². The van der Waals surface area contributed by atoms with Crippen LogP contribution in [0.2, 0.25) is 0 Å². The number of aromatic nitrogens is 2. The molecule has 3 fully saturated rings. The van der Waals surface area contributed by atoms with Crippen LogP contribution in [-0.2, 0) is 11.8 Å². The predicted molar refractivity (Wildman–Crippen MR) is 169 cm³/mol. The number of halogens is 1. The van der Waals surface area contributed by atoms with Crippen LogP contribution in [0.15, 0.2) is 17.4 Å². The summed E-state index contributed by atoms with van der Waals surface area (Å²) in [6.45, 7) is 4.75. The number of rotatable bonds is 6. The van der Waals surface area contributed by atoms with Crippen LogP contribution in [0.4, 0.5) is 15.2 Å². The first kappa shape index (κ1) is 29.4. The SMILES string of the molecule is C[C@H](Oc1cc(N2CCNC3(CC3)C2)nc(C(=N)C2=C(O)[C@@]3(CCC2)CCCc2sc(N)c(C#N)c23)n1)[C@@H]1C[C@@H](F)CN1C. The van der Waals surface area contributed by atoms with Crippen molar-refractivity contribution in [2.24, 2.45) is 0 Å². The summed E-state index contributed by atoms with van der Waals surface area (Å²) >= 11 is 1.45. The van der Waals surface area contributed by atoms with Gasteiger partial charge < -0.3 is 25.8 Å². The fraction of sp³-hybridized carbons (Fsp3) is 0.625. The topological polar surface area (TPSA) is 147 Å². The summed E-state index contributed by atoms with van der Waals surface area (Å²) < 4.78 is 20.6. The highest BCUT2D eigenvalue weighted by molar-refractivity contribution is 7.16. The molecule has 44 heavy (non-hydrogen) atoms. The maximum absolute atomic E-state index is 14.2. The molecule has 3 aliphatic carbocycles. The van der Waals surface area contributed by atoms with Crippen molar-refractivity contribution >= 4 is 27.9 Å². The molecule has 0 amide bonds. The van der Waals surface area contributed by atoms with E-state index in [0.29, 0.717) is 60.1 Å². The zero-order chi connectivity index (χ0) is 30.8. The number of aryl methyl sites for hydroxylation is 1.